The molecule has 0 aliphatic carbocycles. The minimum absolute atomic E-state index is 0.0826. The zero-order valence-corrected chi connectivity index (χ0v) is 12.1. The molecule has 2 aliphatic heterocycles. The molecular formula is C14H15BrN2O2. The van der Waals surface area contributed by atoms with Crippen LogP contribution < -0.4 is 0 Å². The second kappa shape index (κ2) is 4.96. The minimum atomic E-state index is -0.211. The molecule has 0 radical (unpaired) electrons. The third-order valence-electron chi connectivity index (χ3n) is 3.78. The van der Waals surface area contributed by atoms with Crippen molar-refractivity contribution >= 4 is 27.7 Å². The molecule has 2 amide bonds. The predicted octanol–water partition coefficient (Wildman–Crippen LogP) is 1.78. The molecule has 1 aromatic rings. The molecule has 0 bridgehead atoms. The molecule has 0 spiro atoms. The van der Waals surface area contributed by atoms with Gasteiger partial charge in [0, 0.05) is 17.6 Å². The number of benzene rings is 1. The van der Waals surface area contributed by atoms with E-state index in [1.807, 2.05) is 24.3 Å². The van der Waals surface area contributed by atoms with Gasteiger partial charge in [-0.3, -0.25) is 9.59 Å². The fourth-order valence-electron chi connectivity index (χ4n) is 2.81. The monoisotopic (exact) mass is 322 g/mol. The summed E-state index contributed by atoms with van der Waals surface area (Å²) >= 11 is 3.39. The Morgan fingerprint density at radius 2 is 1.95 bits per heavy atom. The van der Waals surface area contributed by atoms with Crippen LogP contribution in [0.5, 0.6) is 0 Å². The van der Waals surface area contributed by atoms with Crippen LogP contribution >= 0.6 is 15.9 Å². The Labute approximate surface area is 120 Å². The molecule has 1 aromatic carbocycles. The van der Waals surface area contributed by atoms with Crippen molar-refractivity contribution in [2.24, 2.45) is 0 Å². The van der Waals surface area contributed by atoms with Crippen molar-refractivity contribution in [2.75, 3.05) is 13.1 Å². The smallest absolute Gasteiger partial charge is 0.246 e. The van der Waals surface area contributed by atoms with Gasteiger partial charge >= 0.3 is 0 Å². The Hall–Kier alpha value is -1.36. The first-order chi connectivity index (χ1) is 9.15. The number of hydrogen-bond donors (Lipinski definition) is 0. The summed E-state index contributed by atoms with van der Waals surface area (Å²) in [4.78, 5) is 27.8. The van der Waals surface area contributed by atoms with Gasteiger partial charge in [0.15, 0.2) is 0 Å². The number of fused-ring (bicyclic) bond motifs is 1. The van der Waals surface area contributed by atoms with Gasteiger partial charge in [-0.1, -0.05) is 28.1 Å². The van der Waals surface area contributed by atoms with Gasteiger partial charge in [-0.2, -0.15) is 0 Å². The van der Waals surface area contributed by atoms with E-state index >= 15 is 0 Å². The van der Waals surface area contributed by atoms with Crippen LogP contribution in [0.2, 0.25) is 0 Å². The summed E-state index contributed by atoms with van der Waals surface area (Å²) in [7, 11) is 0. The molecule has 2 fully saturated rings. The van der Waals surface area contributed by atoms with Crippen LogP contribution in [-0.2, 0) is 16.1 Å². The lowest BCUT2D eigenvalue weighted by Gasteiger charge is -2.36. The maximum Gasteiger partial charge on any atom is 0.246 e. The van der Waals surface area contributed by atoms with E-state index in [2.05, 4.69) is 15.9 Å². The SMILES string of the molecule is O=C1C2CCCN2C(=O)CN1Cc1ccc(Br)cc1. The Bertz CT molecular complexity index is 515. The van der Waals surface area contributed by atoms with Crippen LogP contribution in [0.1, 0.15) is 18.4 Å². The number of hydrogen-bond acceptors (Lipinski definition) is 2. The molecule has 0 saturated carbocycles. The fourth-order valence-corrected chi connectivity index (χ4v) is 3.07. The van der Waals surface area contributed by atoms with E-state index in [1.54, 1.807) is 9.80 Å². The lowest BCUT2D eigenvalue weighted by molar-refractivity contribution is -0.154. The molecule has 3 rings (SSSR count). The maximum absolute atomic E-state index is 12.3. The highest BCUT2D eigenvalue weighted by atomic mass is 79.9. The summed E-state index contributed by atoms with van der Waals surface area (Å²) in [5.41, 5.74) is 1.05. The number of piperazine rings is 1. The quantitative estimate of drug-likeness (QED) is 0.832. The number of nitrogens with zero attached hydrogens (tertiary/aromatic N) is 2. The fraction of sp³-hybridized carbons (Fsp3) is 0.429. The predicted molar refractivity (Wildman–Crippen MR) is 74.3 cm³/mol. The van der Waals surface area contributed by atoms with E-state index in [-0.39, 0.29) is 24.4 Å². The first kappa shape index (κ1) is 12.7. The molecule has 2 heterocycles. The molecule has 5 heteroatoms. The molecule has 2 saturated heterocycles. The topological polar surface area (TPSA) is 40.6 Å². The van der Waals surface area contributed by atoms with Gasteiger partial charge in [0.1, 0.15) is 12.6 Å². The van der Waals surface area contributed by atoms with Crippen LogP contribution in [-0.4, -0.2) is 40.7 Å². The van der Waals surface area contributed by atoms with Crippen LogP contribution in [0, 0.1) is 0 Å². The summed E-state index contributed by atoms with van der Waals surface area (Å²) in [6.45, 7) is 1.47. The van der Waals surface area contributed by atoms with E-state index in [9.17, 15) is 9.59 Å². The van der Waals surface area contributed by atoms with Crippen molar-refractivity contribution in [1.29, 1.82) is 0 Å². The van der Waals surface area contributed by atoms with Crippen molar-refractivity contribution in [1.82, 2.24) is 9.80 Å². The molecule has 19 heavy (non-hydrogen) atoms. The Morgan fingerprint density at radius 3 is 2.68 bits per heavy atom. The largest absolute Gasteiger partial charge is 0.329 e. The van der Waals surface area contributed by atoms with E-state index < -0.39 is 0 Å². The normalized spacial score (nSPS) is 22.9. The zero-order chi connectivity index (χ0) is 13.4. The Kier molecular flexibility index (Phi) is 3.31. The summed E-state index contributed by atoms with van der Waals surface area (Å²) in [6, 6.07) is 7.64. The third kappa shape index (κ3) is 2.39. The molecule has 1 unspecified atom stereocenters. The van der Waals surface area contributed by atoms with E-state index in [4.69, 9.17) is 0 Å². The standard InChI is InChI=1S/C14H15BrN2O2/c15-11-5-3-10(4-6-11)8-16-9-13(18)17-7-1-2-12(17)14(16)19/h3-6,12H,1-2,7-9H2. The number of rotatable bonds is 2. The third-order valence-corrected chi connectivity index (χ3v) is 4.31. The van der Waals surface area contributed by atoms with Crippen molar-refractivity contribution in [3.63, 3.8) is 0 Å². The van der Waals surface area contributed by atoms with Crippen LogP contribution in [0.4, 0.5) is 0 Å². The van der Waals surface area contributed by atoms with Crippen molar-refractivity contribution in [3.8, 4) is 0 Å². The molecule has 1 atom stereocenters. The Morgan fingerprint density at radius 1 is 1.21 bits per heavy atom. The average molecular weight is 323 g/mol. The molecular weight excluding hydrogens is 308 g/mol. The summed E-state index contributed by atoms with van der Waals surface area (Å²) in [5, 5.41) is 0. The number of amides is 2. The summed E-state index contributed by atoms with van der Waals surface area (Å²) in [5.74, 6) is 0.180. The van der Waals surface area contributed by atoms with Gasteiger partial charge in [0.2, 0.25) is 11.8 Å². The Balaban J connectivity index is 1.76. The lowest BCUT2D eigenvalue weighted by atomic mass is 10.1. The highest BCUT2D eigenvalue weighted by Gasteiger charge is 2.41. The number of halogens is 1. The average Bonchev–Trinajstić information content (AvgIpc) is 2.88. The molecule has 4 nitrogen and oxygen atoms in total. The number of carbonyl (C=O) groups excluding carboxylic acids is 2. The van der Waals surface area contributed by atoms with Gasteiger partial charge in [-0.15, -0.1) is 0 Å². The van der Waals surface area contributed by atoms with Gasteiger partial charge in [0.05, 0.1) is 0 Å². The van der Waals surface area contributed by atoms with Crippen LogP contribution in [0.3, 0.4) is 0 Å². The molecule has 0 N–H and O–H groups in total. The zero-order valence-electron chi connectivity index (χ0n) is 10.5. The van der Waals surface area contributed by atoms with E-state index in [0.29, 0.717) is 6.54 Å². The van der Waals surface area contributed by atoms with E-state index in [0.717, 1.165) is 29.4 Å². The lowest BCUT2D eigenvalue weighted by Crippen LogP contribution is -2.56. The van der Waals surface area contributed by atoms with Gasteiger partial charge < -0.3 is 9.80 Å². The number of carbonyl (C=O) groups is 2. The molecule has 2 aliphatic rings. The summed E-state index contributed by atoms with van der Waals surface area (Å²) in [6.07, 6.45) is 1.75. The van der Waals surface area contributed by atoms with Crippen molar-refractivity contribution in [2.45, 2.75) is 25.4 Å². The van der Waals surface area contributed by atoms with Gasteiger partial charge in [-0.25, -0.2) is 0 Å². The maximum atomic E-state index is 12.3. The van der Waals surface area contributed by atoms with Crippen LogP contribution in [0.25, 0.3) is 0 Å². The van der Waals surface area contributed by atoms with E-state index in [1.165, 1.54) is 0 Å². The van der Waals surface area contributed by atoms with Crippen molar-refractivity contribution < 1.29 is 9.59 Å². The van der Waals surface area contributed by atoms with Gasteiger partial charge in [0.25, 0.3) is 0 Å². The first-order valence-corrected chi connectivity index (χ1v) is 7.27. The van der Waals surface area contributed by atoms with Crippen LogP contribution in [0.15, 0.2) is 28.7 Å². The highest BCUT2D eigenvalue weighted by molar-refractivity contribution is 9.10. The second-order valence-electron chi connectivity index (χ2n) is 5.07. The molecule has 0 aromatic heterocycles. The minimum Gasteiger partial charge on any atom is -0.329 e. The van der Waals surface area contributed by atoms with Gasteiger partial charge in [-0.05, 0) is 30.5 Å². The molecule has 100 valence electrons. The second-order valence-corrected chi connectivity index (χ2v) is 5.98. The van der Waals surface area contributed by atoms with Crippen molar-refractivity contribution in [3.05, 3.63) is 34.3 Å². The first-order valence-electron chi connectivity index (χ1n) is 6.48. The summed E-state index contributed by atoms with van der Waals surface area (Å²) < 4.78 is 1.01. The highest BCUT2D eigenvalue weighted by Crippen LogP contribution is 2.24.